The van der Waals surface area contributed by atoms with Gasteiger partial charge in [-0.3, -0.25) is 0 Å². The van der Waals surface area contributed by atoms with E-state index in [0.717, 1.165) is 61.7 Å². The number of ether oxygens (including phenoxy) is 1. The molecule has 1 saturated heterocycles. The molecule has 1 N–H and O–H groups in total. The predicted molar refractivity (Wildman–Crippen MR) is 111 cm³/mol. The lowest BCUT2D eigenvalue weighted by atomic mass is 9.81. The third-order valence-electron chi connectivity index (χ3n) is 7.16. The van der Waals surface area contributed by atoms with E-state index in [1.807, 2.05) is 18.2 Å². The zero-order valence-corrected chi connectivity index (χ0v) is 16.9. The Kier molecular flexibility index (Phi) is 4.73. The van der Waals surface area contributed by atoms with Gasteiger partial charge in [-0.15, -0.1) is 0 Å². The standard InChI is InChI=1S/C24H28F2N2O/c1-27-23-20(25)14-18(15-21(23)26)16-5-6-22-17(13-16)7-8-24(29-22)9-11-28(12-10-24)19-3-2-4-19/h5-6,13-15,19,27H,2-4,7-12H2,1H3. The van der Waals surface area contributed by atoms with Crippen molar-refractivity contribution in [1.82, 2.24) is 4.90 Å². The Morgan fingerprint density at radius 3 is 2.34 bits per heavy atom. The number of piperidine rings is 1. The summed E-state index contributed by atoms with van der Waals surface area (Å²) in [7, 11) is 1.52. The van der Waals surface area contributed by atoms with Crippen LogP contribution in [-0.4, -0.2) is 36.7 Å². The number of nitrogens with one attached hydrogen (secondary N) is 1. The number of fused-ring (bicyclic) bond motifs is 1. The zero-order valence-electron chi connectivity index (χ0n) is 16.9. The first-order valence-electron chi connectivity index (χ1n) is 10.8. The molecule has 29 heavy (non-hydrogen) atoms. The van der Waals surface area contributed by atoms with Gasteiger partial charge in [0.15, 0.2) is 0 Å². The van der Waals surface area contributed by atoms with Gasteiger partial charge in [-0.25, -0.2) is 8.78 Å². The summed E-state index contributed by atoms with van der Waals surface area (Å²) in [5, 5.41) is 2.57. The van der Waals surface area contributed by atoms with Crippen molar-refractivity contribution < 1.29 is 13.5 Å². The van der Waals surface area contributed by atoms with Crippen LogP contribution in [0, 0.1) is 11.6 Å². The molecule has 2 aliphatic heterocycles. The molecule has 0 atom stereocenters. The SMILES string of the molecule is CNc1c(F)cc(-c2ccc3c(c2)CCC2(CCN(C4CCC4)CC2)O3)cc1F. The second-order valence-electron chi connectivity index (χ2n) is 8.79. The number of rotatable bonds is 3. The molecule has 3 nitrogen and oxygen atoms in total. The lowest BCUT2D eigenvalue weighted by molar-refractivity contribution is -0.0336. The second-order valence-corrected chi connectivity index (χ2v) is 8.79. The molecule has 0 radical (unpaired) electrons. The fourth-order valence-electron chi connectivity index (χ4n) is 5.08. The van der Waals surface area contributed by atoms with Crippen LogP contribution in [0.5, 0.6) is 5.75 Å². The van der Waals surface area contributed by atoms with Gasteiger partial charge in [0.1, 0.15) is 28.7 Å². The zero-order chi connectivity index (χ0) is 20.0. The molecule has 2 aromatic carbocycles. The van der Waals surface area contributed by atoms with Crippen LogP contribution in [0.25, 0.3) is 11.1 Å². The van der Waals surface area contributed by atoms with E-state index in [1.54, 1.807) is 0 Å². The summed E-state index contributed by atoms with van der Waals surface area (Å²) in [5.41, 5.74) is 2.37. The van der Waals surface area contributed by atoms with Crippen LogP contribution in [0.4, 0.5) is 14.5 Å². The quantitative estimate of drug-likeness (QED) is 0.751. The molecule has 0 unspecified atom stereocenters. The molecule has 1 spiro atoms. The minimum Gasteiger partial charge on any atom is -0.487 e. The van der Waals surface area contributed by atoms with Crippen molar-refractivity contribution >= 4 is 5.69 Å². The van der Waals surface area contributed by atoms with Gasteiger partial charge >= 0.3 is 0 Å². The molecule has 2 aromatic rings. The van der Waals surface area contributed by atoms with E-state index in [1.165, 1.54) is 38.4 Å². The van der Waals surface area contributed by atoms with E-state index in [2.05, 4.69) is 10.2 Å². The minimum absolute atomic E-state index is 0.0403. The van der Waals surface area contributed by atoms with Gasteiger partial charge in [0.25, 0.3) is 0 Å². The summed E-state index contributed by atoms with van der Waals surface area (Å²) in [6.07, 6.45) is 8.24. The summed E-state index contributed by atoms with van der Waals surface area (Å²) in [6, 6.07) is 9.50. The van der Waals surface area contributed by atoms with Crippen molar-refractivity contribution in [3.8, 4) is 16.9 Å². The van der Waals surface area contributed by atoms with E-state index in [-0.39, 0.29) is 11.3 Å². The van der Waals surface area contributed by atoms with Gasteiger partial charge < -0.3 is 15.0 Å². The van der Waals surface area contributed by atoms with Crippen LogP contribution in [0.1, 0.15) is 44.1 Å². The normalized spacial score (nSPS) is 21.3. The summed E-state index contributed by atoms with van der Waals surface area (Å²) < 4.78 is 34.9. The average Bonchev–Trinajstić information content (AvgIpc) is 2.68. The topological polar surface area (TPSA) is 24.5 Å². The number of aryl methyl sites for hydroxylation is 1. The number of nitrogens with zero attached hydrogens (tertiary/aromatic N) is 1. The van der Waals surface area contributed by atoms with Crippen LogP contribution in [0.15, 0.2) is 30.3 Å². The highest BCUT2D eigenvalue weighted by molar-refractivity contribution is 5.69. The number of hydrogen-bond acceptors (Lipinski definition) is 3. The minimum atomic E-state index is -0.575. The van der Waals surface area contributed by atoms with Crippen molar-refractivity contribution in [2.75, 3.05) is 25.5 Å². The number of hydrogen-bond donors (Lipinski definition) is 1. The molecular formula is C24H28F2N2O. The molecule has 5 heteroatoms. The van der Waals surface area contributed by atoms with Crippen molar-refractivity contribution in [1.29, 1.82) is 0 Å². The third-order valence-corrected chi connectivity index (χ3v) is 7.16. The molecule has 5 rings (SSSR count). The Hall–Kier alpha value is -2.14. The Bertz CT molecular complexity index is 894. The molecular weight excluding hydrogens is 370 g/mol. The maximum absolute atomic E-state index is 14.2. The van der Waals surface area contributed by atoms with E-state index in [9.17, 15) is 8.78 Å². The lowest BCUT2D eigenvalue weighted by Gasteiger charge is -2.48. The van der Waals surface area contributed by atoms with Gasteiger partial charge in [-0.05, 0) is 79.5 Å². The fourth-order valence-corrected chi connectivity index (χ4v) is 5.08. The maximum atomic E-state index is 14.2. The smallest absolute Gasteiger partial charge is 0.149 e. The third kappa shape index (κ3) is 3.39. The molecule has 0 bridgehead atoms. The maximum Gasteiger partial charge on any atom is 0.149 e. The molecule has 2 fully saturated rings. The lowest BCUT2D eigenvalue weighted by Crippen LogP contribution is -2.53. The molecule has 0 amide bonds. The first-order valence-corrected chi connectivity index (χ1v) is 10.8. The van der Waals surface area contributed by atoms with E-state index in [0.29, 0.717) is 5.56 Å². The van der Waals surface area contributed by atoms with E-state index < -0.39 is 11.6 Å². The Morgan fingerprint density at radius 1 is 1.00 bits per heavy atom. The van der Waals surface area contributed by atoms with Crippen molar-refractivity contribution in [2.24, 2.45) is 0 Å². The van der Waals surface area contributed by atoms with Crippen LogP contribution >= 0.6 is 0 Å². The van der Waals surface area contributed by atoms with Crippen molar-refractivity contribution in [3.05, 3.63) is 47.5 Å². The Labute approximate surface area is 171 Å². The number of anilines is 1. The number of halogens is 2. The highest BCUT2D eigenvalue weighted by atomic mass is 19.1. The first-order chi connectivity index (χ1) is 14.1. The Balaban J connectivity index is 1.34. The molecule has 0 aromatic heterocycles. The van der Waals surface area contributed by atoms with Crippen LogP contribution in [-0.2, 0) is 6.42 Å². The largest absolute Gasteiger partial charge is 0.487 e. The van der Waals surface area contributed by atoms with Crippen molar-refractivity contribution in [2.45, 2.75) is 56.6 Å². The molecule has 1 saturated carbocycles. The van der Waals surface area contributed by atoms with E-state index >= 15 is 0 Å². The molecule has 3 aliphatic rings. The van der Waals surface area contributed by atoms with Gasteiger partial charge in [-0.1, -0.05) is 12.5 Å². The van der Waals surface area contributed by atoms with Gasteiger partial charge in [-0.2, -0.15) is 0 Å². The first kappa shape index (κ1) is 18.9. The molecule has 154 valence electrons. The highest BCUT2D eigenvalue weighted by Crippen LogP contribution is 2.42. The summed E-state index contributed by atoms with van der Waals surface area (Å²) in [5.74, 6) is -0.216. The van der Waals surface area contributed by atoms with Crippen LogP contribution < -0.4 is 10.1 Å². The summed E-state index contributed by atoms with van der Waals surface area (Å²) in [6.45, 7) is 2.27. The second kappa shape index (κ2) is 7.28. The highest BCUT2D eigenvalue weighted by Gasteiger charge is 2.41. The van der Waals surface area contributed by atoms with Crippen LogP contribution in [0.2, 0.25) is 0 Å². The van der Waals surface area contributed by atoms with E-state index in [4.69, 9.17) is 4.74 Å². The van der Waals surface area contributed by atoms with Crippen molar-refractivity contribution in [3.63, 3.8) is 0 Å². The average molecular weight is 398 g/mol. The molecule has 1 aliphatic carbocycles. The summed E-state index contributed by atoms with van der Waals surface area (Å²) in [4.78, 5) is 2.65. The van der Waals surface area contributed by atoms with Gasteiger partial charge in [0.2, 0.25) is 0 Å². The Morgan fingerprint density at radius 2 is 1.72 bits per heavy atom. The number of likely N-dealkylation sites (tertiary alicyclic amines) is 1. The number of benzene rings is 2. The van der Waals surface area contributed by atoms with Gasteiger partial charge in [0.05, 0.1) is 0 Å². The van der Waals surface area contributed by atoms with Gasteiger partial charge in [0, 0.05) is 26.2 Å². The summed E-state index contributed by atoms with van der Waals surface area (Å²) >= 11 is 0. The predicted octanol–water partition coefficient (Wildman–Crippen LogP) is 5.39. The molecule has 2 heterocycles. The fraction of sp³-hybridized carbons (Fsp3) is 0.500. The monoisotopic (exact) mass is 398 g/mol. The van der Waals surface area contributed by atoms with Crippen LogP contribution in [0.3, 0.4) is 0 Å².